The highest BCUT2D eigenvalue weighted by Crippen LogP contribution is 2.21. The maximum atomic E-state index is 12.6. The molecule has 0 atom stereocenters. The van der Waals surface area contributed by atoms with E-state index in [1.165, 1.54) is 28.9 Å². The first-order chi connectivity index (χ1) is 12.0. The first kappa shape index (κ1) is 17.0. The van der Waals surface area contributed by atoms with Crippen molar-refractivity contribution in [3.05, 3.63) is 64.7 Å². The van der Waals surface area contributed by atoms with Crippen LogP contribution in [0.1, 0.15) is 31.8 Å². The van der Waals surface area contributed by atoms with Crippen LogP contribution < -0.4 is 4.90 Å². The van der Waals surface area contributed by atoms with E-state index in [0.29, 0.717) is 18.7 Å². The summed E-state index contributed by atoms with van der Waals surface area (Å²) in [6, 6.07) is 12.6. The van der Waals surface area contributed by atoms with Gasteiger partial charge in [0.05, 0.1) is 5.56 Å². The van der Waals surface area contributed by atoms with E-state index in [9.17, 15) is 9.59 Å². The number of piperazine rings is 1. The van der Waals surface area contributed by atoms with Gasteiger partial charge < -0.3 is 14.9 Å². The predicted octanol–water partition coefficient (Wildman–Crippen LogP) is 2.96. The molecule has 3 rings (SSSR count). The van der Waals surface area contributed by atoms with Crippen LogP contribution in [0.3, 0.4) is 0 Å². The molecule has 1 amide bonds. The lowest BCUT2D eigenvalue weighted by atomic mass is 10.1. The molecule has 1 N–H and O–H groups in total. The fraction of sp³-hybridized carbons (Fsp3) is 0.300. The third-order valence-electron chi connectivity index (χ3n) is 4.80. The molecule has 0 aliphatic carbocycles. The Morgan fingerprint density at radius 2 is 1.44 bits per heavy atom. The van der Waals surface area contributed by atoms with E-state index in [1.807, 2.05) is 4.90 Å². The Balaban J connectivity index is 1.64. The van der Waals surface area contributed by atoms with Gasteiger partial charge in [0.15, 0.2) is 0 Å². The number of hydrogen-bond donors (Lipinski definition) is 1. The van der Waals surface area contributed by atoms with Gasteiger partial charge in [-0.1, -0.05) is 6.07 Å². The SMILES string of the molecule is Cc1ccc(N2CCN(C(=O)c3ccc(C(=O)O)cc3)CC2)cc1C. The van der Waals surface area contributed by atoms with Gasteiger partial charge in [-0.3, -0.25) is 4.79 Å². The fourth-order valence-corrected chi connectivity index (χ4v) is 3.03. The monoisotopic (exact) mass is 338 g/mol. The van der Waals surface area contributed by atoms with Crippen molar-refractivity contribution < 1.29 is 14.7 Å². The van der Waals surface area contributed by atoms with Crippen LogP contribution in [-0.2, 0) is 0 Å². The third kappa shape index (κ3) is 3.65. The minimum Gasteiger partial charge on any atom is -0.478 e. The van der Waals surface area contributed by atoms with Gasteiger partial charge in [-0.25, -0.2) is 4.79 Å². The molecule has 130 valence electrons. The minimum absolute atomic E-state index is 0.0447. The van der Waals surface area contributed by atoms with E-state index in [2.05, 4.69) is 36.9 Å². The van der Waals surface area contributed by atoms with Crippen LogP contribution >= 0.6 is 0 Å². The zero-order valence-corrected chi connectivity index (χ0v) is 14.5. The summed E-state index contributed by atoms with van der Waals surface area (Å²) < 4.78 is 0. The second-order valence-electron chi connectivity index (χ2n) is 6.43. The smallest absolute Gasteiger partial charge is 0.335 e. The summed E-state index contributed by atoms with van der Waals surface area (Å²) in [5.41, 5.74) is 4.47. The number of rotatable bonds is 3. The highest BCUT2D eigenvalue weighted by atomic mass is 16.4. The molecule has 5 nitrogen and oxygen atoms in total. The first-order valence-electron chi connectivity index (χ1n) is 8.40. The van der Waals surface area contributed by atoms with E-state index in [1.54, 1.807) is 12.1 Å². The summed E-state index contributed by atoms with van der Waals surface area (Å²) >= 11 is 0. The number of nitrogens with zero attached hydrogens (tertiary/aromatic N) is 2. The van der Waals surface area contributed by atoms with Crippen LogP contribution in [0.4, 0.5) is 5.69 Å². The number of carbonyl (C=O) groups is 2. The van der Waals surface area contributed by atoms with Gasteiger partial charge in [-0.15, -0.1) is 0 Å². The fourth-order valence-electron chi connectivity index (χ4n) is 3.03. The van der Waals surface area contributed by atoms with Gasteiger partial charge in [-0.2, -0.15) is 0 Å². The molecule has 0 saturated carbocycles. The summed E-state index contributed by atoms with van der Waals surface area (Å²) in [6.45, 7) is 7.12. The number of aryl methyl sites for hydroxylation is 2. The molecule has 1 heterocycles. The molecule has 1 fully saturated rings. The van der Waals surface area contributed by atoms with Gasteiger partial charge in [0.1, 0.15) is 0 Å². The van der Waals surface area contributed by atoms with E-state index < -0.39 is 5.97 Å². The average molecular weight is 338 g/mol. The van der Waals surface area contributed by atoms with Crippen molar-refractivity contribution in [2.45, 2.75) is 13.8 Å². The Kier molecular flexibility index (Phi) is 4.74. The molecule has 1 aliphatic heterocycles. The zero-order chi connectivity index (χ0) is 18.0. The maximum absolute atomic E-state index is 12.6. The largest absolute Gasteiger partial charge is 0.478 e. The number of carboxylic acids is 1. The Bertz CT molecular complexity index is 791. The highest BCUT2D eigenvalue weighted by Gasteiger charge is 2.22. The quantitative estimate of drug-likeness (QED) is 0.935. The number of benzene rings is 2. The number of carboxylic acid groups (broad SMARTS) is 1. The Labute approximate surface area is 147 Å². The summed E-state index contributed by atoms with van der Waals surface area (Å²) in [7, 11) is 0. The van der Waals surface area contributed by atoms with Crippen molar-refractivity contribution >= 4 is 17.6 Å². The molecule has 1 aliphatic rings. The Morgan fingerprint density at radius 1 is 0.840 bits per heavy atom. The van der Waals surface area contributed by atoms with Gasteiger partial charge in [0.2, 0.25) is 0 Å². The van der Waals surface area contributed by atoms with E-state index in [4.69, 9.17) is 5.11 Å². The molecule has 0 unspecified atom stereocenters. The summed E-state index contributed by atoms with van der Waals surface area (Å²) in [4.78, 5) is 27.6. The van der Waals surface area contributed by atoms with E-state index >= 15 is 0 Å². The lowest BCUT2D eigenvalue weighted by Gasteiger charge is -2.36. The van der Waals surface area contributed by atoms with Crippen LogP contribution in [0.15, 0.2) is 42.5 Å². The summed E-state index contributed by atoms with van der Waals surface area (Å²) in [5.74, 6) is -1.03. The Hall–Kier alpha value is -2.82. The second-order valence-corrected chi connectivity index (χ2v) is 6.43. The van der Waals surface area contributed by atoms with E-state index in [0.717, 1.165) is 13.1 Å². The second kappa shape index (κ2) is 6.97. The maximum Gasteiger partial charge on any atom is 0.335 e. The van der Waals surface area contributed by atoms with Crippen LogP contribution in [0.5, 0.6) is 0 Å². The minimum atomic E-state index is -0.985. The lowest BCUT2D eigenvalue weighted by molar-refractivity contribution is 0.0693. The zero-order valence-electron chi connectivity index (χ0n) is 14.5. The third-order valence-corrected chi connectivity index (χ3v) is 4.80. The summed E-state index contributed by atoms with van der Waals surface area (Å²) in [6.07, 6.45) is 0. The Morgan fingerprint density at radius 3 is 2.00 bits per heavy atom. The van der Waals surface area contributed by atoms with Crippen molar-refractivity contribution in [2.24, 2.45) is 0 Å². The molecule has 1 saturated heterocycles. The molecular formula is C20H22N2O3. The highest BCUT2D eigenvalue weighted by molar-refractivity contribution is 5.96. The average Bonchev–Trinajstić information content (AvgIpc) is 2.63. The number of aromatic carboxylic acids is 1. The van der Waals surface area contributed by atoms with Gasteiger partial charge >= 0.3 is 5.97 Å². The molecule has 0 radical (unpaired) electrons. The van der Waals surface area contributed by atoms with Gasteiger partial charge in [0, 0.05) is 37.4 Å². The van der Waals surface area contributed by atoms with Gasteiger partial charge in [0.25, 0.3) is 5.91 Å². The number of hydrogen-bond acceptors (Lipinski definition) is 3. The number of carbonyl (C=O) groups excluding carboxylic acids is 1. The predicted molar refractivity (Wildman–Crippen MR) is 97.4 cm³/mol. The van der Waals surface area contributed by atoms with Crippen LogP contribution in [0.2, 0.25) is 0 Å². The standard InChI is InChI=1S/C20H22N2O3/c1-14-3-8-18(13-15(14)2)21-9-11-22(12-10-21)19(23)16-4-6-17(7-5-16)20(24)25/h3-8,13H,9-12H2,1-2H3,(H,24,25). The molecule has 0 aromatic heterocycles. The molecular weight excluding hydrogens is 316 g/mol. The van der Waals surface area contributed by atoms with Crippen LogP contribution in [0, 0.1) is 13.8 Å². The molecule has 2 aromatic rings. The molecule has 2 aromatic carbocycles. The molecule has 5 heteroatoms. The van der Waals surface area contributed by atoms with Crippen molar-refractivity contribution in [1.29, 1.82) is 0 Å². The van der Waals surface area contributed by atoms with Crippen molar-refractivity contribution in [1.82, 2.24) is 4.90 Å². The van der Waals surface area contributed by atoms with Crippen molar-refractivity contribution in [3.8, 4) is 0 Å². The van der Waals surface area contributed by atoms with E-state index in [-0.39, 0.29) is 11.5 Å². The topological polar surface area (TPSA) is 60.9 Å². The van der Waals surface area contributed by atoms with Crippen LogP contribution in [0.25, 0.3) is 0 Å². The lowest BCUT2D eigenvalue weighted by Crippen LogP contribution is -2.48. The van der Waals surface area contributed by atoms with Gasteiger partial charge in [-0.05, 0) is 61.4 Å². The number of amides is 1. The molecule has 0 spiro atoms. The van der Waals surface area contributed by atoms with Crippen LogP contribution in [-0.4, -0.2) is 48.1 Å². The molecule has 0 bridgehead atoms. The number of anilines is 1. The summed E-state index contributed by atoms with van der Waals surface area (Å²) in [5, 5.41) is 8.94. The molecule has 25 heavy (non-hydrogen) atoms. The first-order valence-corrected chi connectivity index (χ1v) is 8.40. The van der Waals surface area contributed by atoms with Crippen molar-refractivity contribution in [2.75, 3.05) is 31.1 Å². The normalized spacial score (nSPS) is 14.5. The van der Waals surface area contributed by atoms with Crippen molar-refractivity contribution in [3.63, 3.8) is 0 Å².